The lowest BCUT2D eigenvalue weighted by Gasteiger charge is -2.30. The number of ether oxygens (including phenoxy) is 2. The van der Waals surface area contributed by atoms with Gasteiger partial charge in [-0.05, 0) is 26.7 Å². The molecule has 14 heavy (non-hydrogen) atoms. The summed E-state index contributed by atoms with van der Waals surface area (Å²) < 4.78 is 11.1. The second kappa shape index (κ2) is 5.47. The molecule has 0 heterocycles. The zero-order valence-electron chi connectivity index (χ0n) is 9.17. The summed E-state index contributed by atoms with van der Waals surface area (Å²) >= 11 is 0. The Morgan fingerprint density at radius 3 is 2.36 bits per heavy atom. The molecule has 0 unspecified atom stereocenters. The fraction of sp³-hybridized carbons (Fsp3) is 0.909. The molecule has 1 saturated carbocycles. The summed E-state index contributed by atoms with van der Waals surface area (Å²) in [7, 11) is 0. The van der Waals surface area contributed by atoms with Crippen molar-refractivity contribution in [3.05, 3.63) is 0 Å². The maximum Gasteiger partial charge on any atom is 0.228 e. The maximum absolute atomic E-state index is 11.9. The van der Waals surface area contributed by atoms with Crippen LogP contribution in [-0.2, 0) is 14.3 Å². The number of Topliss-reactive ketones (excluding diaryl/α,β-unsaturated/α-hetero) is 1. The lowest BCUT2D eigenvalue weighted by Crippen LogP contribution is -2.43. The van der Waals surface area contributed by atoms with Crippen LogP contribution in [0, 0.1) is 0 Å². The normalized spacial score (nSPS) is 22.0. The Balaban J connectivity index is 2.73. The molecule has 0 radical (unpaired) electrons. The average Bonchev–Trinajstić information content (AvgIpc) is 2.32. The second-order valence-electron chi connectivity index (χ2n) is 3.60. The molecule has 3 nitrogen and oxygen atoms in total. The number of carbonyl (C=O) groups excluding carboxylic acids is 1. The first-order chi connectivity index (χ1) is 6.75. The minimum atomic E-state index is -0.917. The average molecular weight is 200 g/mol. The molecule has 1 aliphatic carbocycles. The van der Waals surface area contributed by atoms with Gasteiger partial charge in [0.1, 0.15) is 0 Å². The van der Waals surface area contributed by atoms with Gasteiger partial charge in [0.25, 0.3) is 0 Å². The van der Waals surface area contributed by atoms with E-state index in [1.165, 1.54) is 0 Å². The highest BCUT2D eigenvalue weighted by Crippen LogP contribution is 2.28. The maximum atomic E-state index is 11.9. The van der Waals surface area contributed by atoms with Gasteiger partial charge in [-0.3, -0.25) is 4.79 Å². The second-order valence-corrected chi connectivity index (χ2v) is 3.60. The summed E-state index contributed by atoms with van der Waals surface area (Å²) in [6, 6.07) is 0. The van der Waals surface area contributed by atoms with E-state index in [-0.39, 0.29) is 5.78 Å². The van der Waals surface area contributed by atoms with Crippen LogP contribution in [0.2, 0.25) is 0 Å². The molecular weight excluding hydrogens is 180 g/mol. The van der Waals surface area contributed by atoms with Crippen molar-refractivity contribution in [3.63, 3.8) is 0 Å². The fourth-order valence-electron chi connectivity index (χ4n) is 1.96. The molecular formula is C11H20O3. The molecule has 0 amide bonds. The topological polar surface area (TPSA) is 35.5 Å². The van der Waals surface area contributed by atoms with Gasteiger partial charge in [-0.2, -0.15) is 0 Å². The smallest absolute Gasteiger partial charge is 0.228 e. The minimum absolute atomic E-state index is 0.124. The molecule has 0 aromatic heterocycles. The van der Waals surface area contributed by atoms with Crippen LogP contribution >= 0.6 is 0 Å². The summed E-state index contributed by atoms with van der Waals surface area (Å²) in [6.07, 6.45) is 4.41. The minimum Gasteiger partial charge on any atom is -0.344 e. The van der Waals surface area contributed by atoms with Crippen molar-refractivity contribution in [2.45, 2.75) is 51.7 Å². The number of hydrogen-bond donors (Lipinski definition) is 0. The Bertz CT molecular complexity index is 183. The third-order valence-electron chi connectivity index (χ3n) is 2.59. The van der Waals surface area contributed by atoms with Crippen molar-refractivity contribution in [2.24, 2.45) is 0 Å². The van der Waals surface area contributed by atoms with Crippen LogP contribution < -0.4 is 0 Å². The number of rotatable bonds is 4. The summed E-state index contributed by atoms with van der Waals surface area (Å²) in [6.45, 7) is 4.87. The zero-order valence-corrected chi connectivity index (χ0v) is 9.17. The van der Waals surface area contributed by atoms with Gasteiger partial charge in [0.2, 0.25) is 5.79 Å². The van der Waals surface area contributed by atoms with Gasteiger partial charge >= 0.3 is 0 Å². The Labute approximate surface area is 85.8 Å². The largest absolute Gasteiger partial charge is 0.344 e. The molecule has 0 aromatic rings. The van der Waals surface area contributed by atoms with Crippen LogP contribution in [0.3, 0.4) is 0 Å². The van der Waals surface area contributed by atoms with Gasteiger partial charge in [0, 0.05) is 26.1 Å². The van der Waals surface area contributed by atoms with Crippen molar-refractivity contribution < 1.29 is 14.3 Å². The predicted molar refractivity (Wildman–Crippen MR) is 54.1 cm³/mol. The van der Waals surface area contributed by atoms with Gasteiger partial charge < -0.3 is 9.47 Å². The molecule has 1 rings (SSSR count). The number of hydrogen-bond acceptors (Lipinski definition) is 3. The van der Waals surface area contributed by atoms with Crippen LogP contribution in [-0.4, -0.2) is 24.8 Å². The van der Waals surface area contributed by atoms with E-state index in [2.05, 4.69) is 0 Å². The first kappa shape index (κ1) is 11.7. The Morgan fingerprint density at radius 2 is 1.79 bits per heavy atom. The first-order valence-corrected chi connectivity index (χ1v) is 5.56. The Morgan fingerprint density at radius 1 is 1.14 bits per heavy atom. The van der Waals surface area contributed by atoms with Gasteiger partial charge in [-0.1, -0.05) is 6.42 Å². The summed E-state index contributed by atoms with van der Waals surface area (Å²) in [5.74, 6) is -0.793. The molecule has 0 saturated heterocycles. The molecule has 0 aliphatic heterocycles. The third-order valence-corrected chi connectivity index (χ3v) is 2.59. The van der Waals surface area contributed by atoms with E-state index in [0.717, 1.165) is 19.3 Å². The third kappa shape index (κ3) is 2.55. The van der Waals surface area contributed by atoms with Crippen molar-refractivity contribution in [2.75, 3.05) is 13.2 Å². The molecule has 0 N–H and O–H groups in total. The van der Waals surface area contributed by atoms with Crippen molar-refractivity contribution >= 4 is 5.78 Å². The van der Waals surface area contributed by atoms with E-state index in [9.17, 15) is 4.79 Å². The van der Waals surface area contributed by atoms with Crippen molar-refractivity contribution in [1.82, 2.24) is 0 Å². The Kier molecular flexibility index (Phi) is 4.55. The quantitative estimate of drug-likeness (QED) is 0.516. The van der Waals surface area contributed by atoms with Gasteiger partial charge in [-0.25, -0.2) is 0 Å². The first-order valence-electron chi connectivity index (χ1n) is 5.56. The highest BCUT2D eigenvalue weighted by molar-refractivity contribution is 5.86. The van der Waals surface area contributed by atoms with Crippen LogP contribution in [0.4, 0.5) is 0 Å². The zero-order chi connectivity index (χ0) is 10.4. The molecule has 1 aliphatic rings. The molecule has 82 valence electrons. The van der Waals surface area contributed by atoms with E-state index < -0.39 is 5.79 Å². The number of carbonyl (C=O) groups is 1. The Hall–Kier alpha value is -0.410. The molecule has 0 atom stereocenters. The van der Waals surface area contributed by atoms with E-state index in [0.29, 0.717) is 26.1 Å². The van der Waals surface area contributed by atoms with Crippen molar-refractivity contribution in [3.8, 4) is 0 Å². The van der Waals surface area contributed by atoms with Crippen molar-refractivity contribution in [1.29, 1.82) is 0 Å². The highest BCUT2D eigenvalue weighted by Gasteiger charge is 2.40. The van der Waals surface area contributed by atoms with E-state index in [1.54, 1.807) is 0 Å². The monoisotopic (exact) mass is 200 g/mol. The van der Waals surface area contributed by atoms with Crippen LogP contribution in [0.1, 0.15) is 46.0 Å². The summed E-state index contributed by atoms with van der Waals surface area (Å²) in [4.78, 5) is 11.9. The van der Waals surface area contributed by atoms with Crippen LogP contribution in [0.15, 0.2) is 0 Å². The molecule has 0 bridgehead atoms. The number of ketones is 1. The molecule has 3 heteroatoms. The SMILES string of the molecule is CCOC1(OCC)CCCCCC1=O. The lowest BCUT2D eigenvalue weighted by molar-refractivity contribution is -0.227. The van der Waals surface area contributed by atoms with Gasteiger partial charge in [-0.15, -0.1) is 0 Å². The van der Waals surface area contributed by atoms with E-state index in [4.69, 9.17) is 9.47 Å². The van der Waals surface area contributed by atoms with Gasteiger partial charge in [0.05, 0.1) is 0 Å². The predicted octanol–water partition coefficient (Wildman–Crippen LogP) is 2.29. The molecule has 1 fully saturated rings. The van der Waals surface area contributed by atoms with E-state index >= 15 is 0 Å². The lowest BCUT2D eigenvalue weighted by atomic mass is 10.1. The molecule has 0 spiro atoms. The van der Waals surface area contributed by atoms with Gasteiger partial charge in [0.15, 0.2) is 5.78 Å². The van der Waals surface area contributed by atoms with E-state index in [1.807, 2.05) is 13.8 Å². The van der Waals surface area contributed by atoms with Crippen LogP contribution in [0.25, 0.3) is 0 Å². The highest BCUT2D eigenvalue weighted by atomic mass is 16.7. The summed E-state index contributed by atoms with van der Waals surface area (Å²) in [5, 5.41) is 0. The molecule has 0 aromatic carbocycles. The fourth-order valence-corrected chi connectivity index (χ4v) is 1.96. The summed E-state index contributed by atoms with van der Waals surface area (Å²) in [5.41, 5.74) is 0. The standard InChI is InChI=1S/C11H20O3/c1-3-13-11(14-4-2)9-7-5-6-8-10(11)12/h3-9H2,1-2H3. The van der Waals surface area contributed by atoms with Crippen LogP contribution in [0.5, 0.6) is 0 Å².